The van der Waals surface area contributed by atoms with Crippen LogP contribution in [-0.2, 0) is 17.9 Å². The van der Waals surface area contributed by atoms with Crippen LogP contribution >= 0.6 is 23.2 Å². The largest absolute Gasteiger partial charge is 0.489 e. The van der Waals surface area contributed by atoms with Crippen LogP contribution in [0.1, 0.15) is 28.9 Å². The molecular formula is C20H17Cl2NO5. The molecule has 3 aromatic rings. The van der Waals surface area contributed by atoms with Crippen molar-refractivity contribution in [1.82, 2.24) is 4.57 Å². The van der Waals surface area contributed by atoms with Gasteiger partial charge in [0.25, 0.3) is 0 Å². The van der Waals surface area contributed by atoms with E-state index in [1.807, 2.05) is 0 Å². The molecule has 2 aromatic carbocycles. The Morgan fingerprint density at radius 1 is 1.04 bits per heavy atom. The number of benzene rings is 2. The van der Waals surface area contributed by atoms with Crippen molar-refractivity contribution in [1.29, 1.82) is 0 Å². The monoisotopic (exact) mass is 421 g/mol. The minimum atomic E-state index is -1.07. The smallest absolute Gasteiger partial charge is 0.352 e. The maximum atomic E-state index is 11.6. The number of hydrogen-bond donors (Lipinski definition) is 2. The van der Waals surface area contributed by atoms with E-state index in [1.54, 1.807) is 47.0 Å². The van der Waals surface area contributed by atoms with Crippen molar-refractivity contribution in [2.24, 2.45) is 0 Å². The third-order valence-electron chi connectivity index (χ3n) is 4.31. The molecule has 0 saturated carbocycles. The van der Waals surface area contributed by atoms with Crippen LogP contribution in [0.25, 0.3) is 10.9 Å². The van der Waals surface area contributed by atoms with Gasteiger partial charge in [-0.3, -0.25) is 4.79 Å². The zero-order valence-electron chi connectivity index (χ0n) is 14.7. The van der Waals surface area contributed by atoms with Gasteiger partial charge in [-0.25, -0.2) is 4.79 Å². The van der Waals surface area contributed by atoms with Crippen molar-refractivity contribution in [2.75, 3.05) is 0 Å². The van der Waals surface area contributed by atoms with Crippen molar-refractivity contribution < 1.29 is 24.5 Å². The maximum Gasteiger partial charge on any atom is 0.352 e. The molecule has 0 atom stereocenters. The zero-order chi connectivity index (χ0) is 20.3. The molecule has 0 spiro atoms. The van der Waals surface area contributed by atoms with E-state index < -0.39 is 11.9 Å². The number of halogens is 2. The number of rotatable bonds is 8. The molecule has 0 fully saturated rings. The Morgan fingerprint density at radius 3 is 2.39 bits per heavy atom. The van der Waals surface area contributed by atoms with Gasteiger partial charge in [0.05, 0.1) is 0 Å². The fraction of sp³-hybridized carbons (Fsp3) is 0.200. The molecule has 1 aromatic heterocycles. The van der Waals surface area contributed by atoms with Gasteiger partial charge in [-0.15, -0.1) is 0 Å². The fourth-order valence-electron chi connectivity index (χ4n) is 2.97. The summed E-state index contributed by atoms with van der Waals surface area (Å²) in [7, 11) is 0. The van der Waals surface area contributed by atoms with Gasteiger partial charge in [-0.05, 0) is 42.8 Å². The van der Waals surface area contributed by atoms with Gasteiger partial charge >= 0.3 is 11.9 Å². The number of aliphatic carboxylic acids is 1. The van der Waals surface area contributed by atoms with E-state index in [0.717, 1.165) is 0 Å². The zero-order valence-corrected chi connectivity index (χ0v) is 16.2. The topological polar surface area (TPSA) is 88.8 Å². The van der Waals surface area contributed by atoms with Crippen molar-refractivity contribution in [2.45, 2.75) is 26.0 Å². The summed E-state index contributed by atoms with van der Waals surface area (Å²) in [5.41, 5.74) is 1.47. The minimum Gasteiger partial charge on any atom is -0.489 e. The summed E-state index contributed by atoms with van der Waals surface area (Å²) >= 11 is 12.3. The Balaban J connectivity index is 1.85. The van der Waals surface area contributed by atoms with Gasteiger partial charge in [0.1, 0.15) is 18.1 Å². The SMILES string of the molecule is O=C(O)CCCn1c(C(=O)O)cc2cc(OCc3c(Cl)cccc3Cl)ccc21. The second-order valence-corrected chi connectivity index (χ2v) is 7.01. The molecule has 0 amide bonds. The summed E-state index contributed by atoms with van der Waals surface area (Å²) in [6.07, 6.45) is 0.307. The summed E-state index contributed by atoms with van der Waals surface area (Å²) in [4.78, 5) is 22.3. The molecular weight excluding hydrogens is 405 g/mol. The lowest BCUT2D eigenvalue weighted by molar-refractivity contribution is -0.137. The van der Waals surface area contributed by atoms with Gasteiger partial charge < -0.3 is 19.5 Å². The third kappa shape index (κ3) is 4.40. The standard InChI is InChI=1S/C20H17Cl2NO5/c21-15-3-1-4-16(22)14(15)11-28-13-6-7-17-12(9-13)10-18(20(26)27)23(17)8-2-5-19(24)25/h1,3-4,6-7,9-10H,2,5,8,11H2,(H,24,25)(H,26,27). The maximum absolute atomic E-state index is 11.6. The van der Waals surface area contributed by atoms with E-state index in [9.17, 15) is 14.7 Å². The highest BCUT2D eigenvalue weighted by Crippen LogP contribution is 2.29. The Kier molecular flexibility index (Phi) is 6.11. The number of carbonyl (C=O) groups is 2. The minimum absolute atomic E-state index is 0.0292. The Labute approximate surface area is 170 Å². The number of aromatic nitrogens is 1. The third-order valence-corrected chi connectivity index (χ3v) is 5.02. The molecule has 3 rings (SSSR count). The molecule has 0 aliphatic carbocycles. The van der Waals surface area contributed by atoms with Crippen molar-refractivity contribution >= 4 is 46.0 Å². The van der Waals surface area contributed by atoms with Crippen LogP contribution in [0.15, 0.2) is 42.5 Å². The van der Waals surface area contributed by atoms with E-state index >= 15 is 0 Å². The Bertz CT molecular complexity index is 1020. The number of carboxylic acids is 2. The lowest BCUT2D eigenvalue weighted by atomic mass is 10.2. The highest BCUT2D eigenvalue weighted by Gasteiger charge is 2.16. The van der Waals surface area contributed by atoms with Gasteiger partial charge in [0, 0.05) is 39.5 Å². The molecule has 0 radical (unpaired) electrons. The van der Waals surface area contributed by atoms with E-state index in [-0.39, 0.29) is 18.7 Å². The number of hydrogen-bond acceptors (Lipinski definition) is 3. The van der Waals surface area contributed by atoms with Crippen molar-refractivity contribution in [3.63, 3.8) is 0 Å². The molecule has 6 nitrogen and oxygen atoms in total. The average Bonchev–Trinajstić information content (AvgIpc) is 2.99. The van der Waals surface area contributed by atoms with Crippen LogP contribution in [0.3, 0.4) is 0 Å². The molecule has 0 aliphatic heterocycles. The number of nitrogens with zero attached hydrogens (tertiary/aromatic N) is 1. The molecule has 146 valence electrons. The Hall–Kier alpha value is -2.70. The van der Waals surface area contributed by atoms with Crippen LogP contribution in [0.5, 0.6) is 5.75 Å². The van der Waals surface area contributed by atoms with Gasteiger partial charge in [0.2, 0.25) is 0 Å². The highest BCUT2D eigenvalue weighted by atomic mass is 35.5. The van der Waals surface area contributed by atoms with Crippen molar-refractivity contribution in [3.8, 4) is 5.75 Å². The van der Waals surface area contributed by atoms with Crippen LogP contribution in [0.2, 0.25) is 10.0 Å². The highest BCUT2D eigenvalue weighted by molar-refractivity contribution is 6.35. The molecule has 28 heavy (non-hydrogen) atoms. The van der Waals surface area contributed by atoms with Gasteiger partial charge in [-0.2, -0.15) is 0 Å². The molecule has 1 heterocycles. The summed E-state index contributed by atoms with van der Waals surface area (Å²) in [5, 5.41) is 20.0. The predicted molar refractivity (Wildman–Crippen MR) is 107 cm³/mol. The number of aromatic carboxylic acids is 1. The average molecular weight is 422 g/mol. The fourth-order valence-corrected chi connectivity index (χ4v) is 3.48. The normalized spacial score (nSPS) is 10.9. The lowest BCUT2D eigenvalue weighted by Crippen LogP contribution is -2.09. The number of fused-ring (bicyclic) bond motifs is 1. The molecule has 0 bridgehead atoms. The van der Waals surface area contributed by atoms with E-state index in [4.69, 9.17) is 33.0 Å². The lowest BCUT2D eigenvalue weighted by Gasteiger charge is -2.10. The van der Waals surface area contributed by atoms with Crippen LogP contribution in [0.4, 0.5) is 0 Å². The number of carboxylic acid groups (broad SMARTS) is 2. The van der Waals surface area contributed by atoms with Crippen LogP contribution < -0.4 is 4.74 Å². The van der Waals surface area contributed by atoms with Gasteiger partial charge in [-0.1, -0.05) is 29.3 Å². The van der Waals surface area contributed by atoms with Gasteiger partial charge in [0.15, 0.2) is 0 Å². The van der Waals surface area contributed by atoms with E-state index in [2.05, 4.69) is 0 Å². The van der Waals surface area contributed by atoms with Crippen LogP contribution in [0, 0.1) is 0 Å². The predicted octanol–water partition coefficient (Wildman–Crippen LogP) is 5.09. The second kappa shape index (κ2) is 8.54. The summed E-state index contributed by atoms with van der Waals surface area (Å²) in [6, 6.07) is 12.0. The summed E-state index contributed by atoms with van der Waals surface area (Å²) in [5.74, 6) is -1.44. The van der Waals surface area contributed by atoms with Crippen LogP contribution in [-0.4, -0.2) is 26.7 Å². The first-order valence-corrected chi connectivity index (χ1v) is 9.26. The summed E-state index contributed by atoms with van der Waals surface area (Å²) in [6.45, 7) is 0.474. The first-order chi connectivity index (χ1) is 13.4. The number of aryl methyl sites for hydroxylation is 1. The first kappa shape index (κ1) is 20.0. The summed E-state index contributed by atoms with van der Waals surface area (Å²) < 4.78 is 7.39. The molecule has 0 aliphatic rings. The second-order valence-electron chi connectivity index (χ2n) is 6.19. The first-order valence-electron chi connectivity index (χ1n) is 8.51. The Morgan fingerprint density at radius 2 is 1.75 bits per heavy atom. The molecule has 0 unspecified atom stereocenters. The van der Waals surface area contributed by atoms with Crippen molar-refractivity contribution in [3.05, 3.63) is 63.8 Å². The van der Waals surface area contributed by atoms with E-state index in [1.165, 1.54) is 0 Å². The van der Waals surface area contributed by atoms with E-state index in [0.29, 0.717) is 45.2 Å². The molecule has 0 saturated heterocycles. The molecule has 8 heteroatoms. The molecule has 2 N–H and O–H groups in total. The number of ether oxygens (including phenoxy) is 1. The quantitative estimate of drug-likeness (QED) is 0.528.